The van der Waals surface area contributed by atoms with E-state index in [1.807, 2.05) is 0 Å². The number of amides is 2. The lowest BCUT2D eigenvalue weighted by Crippen LogP contribution is -2.38. The lowest BCUT2D eigenvalue weighted by molar-refractivity contribution is 0.0697. The summed E-state index contributed by atoms with van der Waals surface area (Å²) in [5, 5.41) is 14.6. The van der Waals surface area contributed by atoms with Crippen LogP contribution in [0.1, 0.15) is 41.6 Å². The summed E-state index contributed by atoms with van der Waals surface area (Å²) < 4.78 is 0. The molecule has 2 saturated carbocycles. The topological polar surface area (TPSA) is 78.4 Å². The Hall–Kier alpha value is -2.04. The van der Waals surface area contributed by atoms with Crippen molar-refractivity contribution in [2.45, 2.75) is 32.2 Å². The van der Waals surface area contributed by atoms with Crippen LogP contribution in [0.5, 0.6) is 0 Å². The average Bonchev–Trinajstić information content (AvgIpc) is 3.36. The van der Waals surface area contributed by atoms with Crippen LogP contribution in [0.25, 0.3) is 0 Å². The molecule has 21 heavy (non-hydrogen) atoms. The largest absolute Gasteiger partial charge is 0.478 e. The van der Waals surface area contributed by atoms with Gasteiger partial charge in [0.1, 0.15) is 0 Å². The summed E-state index contributed by atoms with van der Waals surface area (Å²) in [5.74, 6) is -0.108. The highest BCUT2D eigenvalue weighted by Gasteiger charge is 2.53. The summed E-state index contributed by atoms with van der Waals surface area (Å²) >= 11 is 0. The number of rotatable bonds is 6. The minimum atomic E-state index is -0.943. The molecule has 5 nitrogen and oxygen atoms in total. The zero-order chi connectivity index (χ0) is 14.9. The van der Waals surface area contributed by atoms with Crippen molar-refractivity contribution in [2.24, 2.45) is 11.3 Å². The summed E-state index contributed by atoms with van der Waals surface area (Å²) in [5.41, 5.74) is 1.54. The predicted octanol–water partition coefficient (Wildman–Crippen LogP) is 2.37. The number of aromatic carboxylic acids is 1. The van der Waals surface area contributed by atoms with E-state index in [4.69, 9.17) is 5.11 Å². The number of urea groups is 1. The van der Waals surface area contributed by atoms with Crippen LogP contribution in [0, 0.1) is 11.3 Å². The molecule has 2 aliphatic rings. The van der Waals surface area contributed by atoms with E-state index in [0.29, 0.717) is 12.0 Å². The highest BCUT2D eigenvalue weighted by atomic mass is 16.4. The van der Waals surface area contributed by atoms with E-state index in [-0.39, 0.29) is 11.6 Å². The van der Waals surface area contributed by atoms with E-state index in [2.05, 4.69) is 10.6 Å². The summed E-state index contributed by atoms with van der Waals surface area (Å²) in [6.45, 7) is 1.18. The molecule has 0 unspecified atom stereocenters. The van der Waals surface area contributed by atoms with Gasteiger partial charge in [0.2, 0.25) is 0 Å². The van der Waals surface area contributed by atoms with Gasteiger partial charge in [-0.1, -0.05) is 12.1 Å². The molecule has 0 radical (unpaired) electrons. The Kier molecular flexibility index (Phi) is 3.57. The van der Waals surface area contributed by atoms with Gasteiger partial charge >= 0.3 is 12.0 Å². The lowest BCUT2D eigenvalue weighted by Gasteiger charge is -2.15. The van der Waals surface area contributed by atoms with Crippen LogP contribution in [0.4, 0.5) is 4.79 Å². The minimum Gasteiger partial charge on any atom is -0.478 e. The zero-order valence-corrected chi connectivity index (χ0v) is 11.9. The first-order valence-electron chi connectivity index (χ1n) is 7.43. The van der Waals surface area contributed by atoms with Gasteiger partial charge in [0.15, 0.2) is 0 Å². The first-order valence-corrected chi connectivity index (χ1v) is 7.43. The fraction of sp³-hybridized carbons (Fsp3) is 0.500. The maximum absolute atomic E-state index is 11.8. The van der Waals surface area contributed by atoms with Gasteiger partial charge in [-0.05, 0) is 54.7 Å². The normalized spacial score (nSPS) is 18.9. The van der Waals surface area contributed by atoms with Crippen LogP contribution in [0.2, 0.25) is 0 Å². The fourth-order valence-electron chi connectivity index (χ4n) is 2.85. The highest BCUT2D eigenvalue weighted by molar-refractivity contribution is 5.87. The minimum absolute atomic E-state index is 0.149. The van der Waals surface area contributed by atoms with Gasteiger partial charge in [0.25, 0.3) is 0 Å². The average molecular weight is 288 g/mol. The molecule has 2 aliphatic carbocycles. The number of benzene rings is 1. The molecule has 3 rings (SSSR count). The van der Waals surface area contributed by atoms with Gasteiger partial charge in [0.05, 0.1) is 5.56 Å². The maximum atomic E-state index is 11.8. The standard InChI is InChI=1S/C16H20N2O3/c19-14(20)12-3-1-11(2-4-12)9-17-15(21)18-10-16(7-8-16)13-5-6-13/h1-4,13H,5-10H2,(H,19,20)(H2,17,18,21). The Bertz CT molecular complexity index is 545. The molecular weight excluding hydrogens is 268 g/mol. The summed E-state index contributed by atoms with van der Waals surface area (Å²) in [4.78, 5) is 22.5. The second-order valence-corrected chi connectivity index (χ2v) is 6.17. The van der Waals surface area contributed by atoms with Crippen LogP contribution in [0.3, 0.4) is 0 Å². The molecule has 1 aromatic carbocycles. The molecule has 1 aromatic rings. The Morgan fingerprint density at radius 1 is 1.14 bits per heavy atom. The van der Waals surface area contributed by atoms with Gasteiger partial charge in [-0.25, -0.2) is 9.59 Å². The van der Waals surface area contributed by atoms with E-state index in [9.17, 15) is 9.59 Å². The second-order valence-electron chi connectivity index (χ2n) is 6.17. The molecule has 2 amide bonds. The van der Waals surface area contributed by atoms with Crippen LogP contribution >= 0.6 is 0 Å². The molecule has 112 valence electrons. The molecule has 5 heteroatoms. The van der Waals surface area contributed by atoms with Gasteiger partial charge < -0.3 is 15.7 Å². The van der Waals surface area contributed by atoms with Crippen molar-refractivity contribution in [2.75, 3.05) is 6.54 Å². The predicted molar refractivity (Wildman–Crippen MR) is 78.0 cm³/mol. The fourth-order valence-corrected chi connectivity index (χ4v) is 2.85. The molecule has 2 fully saturated rings. The Balaban J connectivity index is 1.42. The molecule has 0 atom stereocenters. The van der Waals surface area contributed by atoms with Gasteiger partial charge in [-0.15, -0.1) is 0 Å². The van der Waals surface area contributed by atoms with Crippen LogP contribution in [0.15, 0.2) is 24.3 Å². The van der Waals surface area contributed by atoms with Gasteiger partial charge in [0, 0.05) is 13.1 Å². The Morgan fingerprint density at radius 3 is 2.33 bits per heavy atom. The van der Waals surface area contributed by atoms with E-state index in [1.54, 1.807) is 24.3 Å². The van der Waals surface area contributed by atoms with E-state index < -0.39 is 5.97 Å². The summed E-state index contributed by atoms with van der Waals surface area (Å²) in [6, 6.07) is 6.38. The number of carbonyl (C=O) groups excluding carboxylic acids is 1. The molecular formula is C16H20N2O3. The van der Waals surface area contributed by atoms with Crippen LogP contribution in [-0.4, -0.2) is 23.7 Å². The van der Waals surface area contributed by atoms with Gasteiger partial charge in [-0.2, -0.15) is 0 Å². The Labute approximate surface area is 123 Å². The Morgan fingerprint density at radius 2 is 1.81 bits per heavy atom. The molecule has 0 bridgehead atoms. The SMILES string of the molecule is O=C(NCc1ccc(C(=O)O)cc1)NCC1(C2CC2)CC1. The lowest BCUT2D eigenvalue weighted by atomic mass is 10.0. The third-order valence-corrected chi connectivity index (χ3v) is 4.59. The van der Waals surface area contributed by atoms with Gasteiger partial charge in [-0.3, -0.25) is 0 Å². The van der Waals surface area contributed by atoms with E-state index in [1.165, 1.54) is 25.7 Å². The zero-order valence-electron chi connectivity index (χ0n) is 11.9. The smallest absolute Gasteiger partial charge is 0.335 e. The summed E-state index contributed by atoms with van der Waals surface area (Å²) in [6.07, 6.45) is 5.13. The number of carboxylic acids is 1. The van der Waals surface area contributed by atoms with Crippen LogP contribution < -0.4 is 10.6 Å². The summed E-state index contributed by atoms with van der Waals surface area (Å²) in [7, 11) is 0. The number of nitrogens with one attached hydrogen (secondary N) is 2. The molecule has 0 aliphatic heterocycles. The number of carbonyl (C=O) groups is 2. The number of carboxylic acid groups (broad SMARTS) is 1. The van der Waals surface area contributed by atoms with Crippen molar-refractivity contribution in [1.82, 2.24) is 10.6 Å². The molecule has 0 saturated heterocycles. The molecule has 0 aromatic heterocycles. The van der Waals surface area contributed by atoms with Crippen molar-refractivity contribution < 1.29 is 14.7 Å². The first-order chi connectivity index (χ1) is 10.1. The number of hydrogen-bond acceptors (Lipinski definition) is 2. The number of hydrogen-bond donors (Lipinski definition) is 3. The molecule has 3 N–H and O–H groups in total. The van der Waals surface area contributed by atoms with E-state index >= 15 is 0 Å². The van der Waals surface area contributed by atoms with Crippen molar-refractivity contribution in [3.05, 3.63) is 35.4 Å². The van der Waals surface area contributed by atoms with Crippen molar-refractivity contribution in [1.29, 1.82) is 0 Å². The van der Waals surface area contributed by atoms with Crippen molar-refractivity contribution in [3.63, 3.8) is 0 Å². The van der Waals surface area contributed by atoms with Crippen molar-refractivity contribution in [3.8, 4) is 0 Å². The quantitative estimate of drug-likeness (QED) is 0.752. The maximum Gasteiger partial charge on any atom is 0.335 e. The highest BCUT2D eigenvalue weighted by Crippen LogP contribution is 2.60. The first kappa shape index (κ1) is 13.9. The second kappa shape index (κ2) is 5.39. The monoisotopic (exact) mass is 288 g/mol. The third-order valence-electron chi connectivity index (χ3n) is 4.59. The van der Waals surface area contributed by atoms with Crippen LogP contribution in [-0.2, 0) is 6.54 Å². The van der Waals surface area contributed by atoms with Crippen molar-refractivity contribution >= 4 is 12.0 Å². The third kappa shape index (κ3) is 3.35. The molecule has 0 spiro atoms. The van der Waals surface area contributed by atoms with E-state index in [0.717, 1.165) is 18.0 Å². The molecule has 0 heterocycles.